The third-order valence-electron chi connectivity index (χ3n) is 3.41. The number of nitrogens with zero attached hydrogens (tertiary/aromatic N) is 2. The molecule has 0 radical (unpaired) electrons. The maximum absolute atomic E-state index is 12.3. The standard InChI is InChI=1S/C13H26N2O/c1-6-11(12(16)13(2,3)4)15-9-7-14(5)8-10-15/h11H,6-10H2,1-5H3. The zero-order valence-electron chi connectivity index (χ0n) is 11.4. The summed E-state index contributed by atoms with van der Waals surface area (Å²) in [5.74, 6) is 0.388. The summed E-state index contributed by atoms with van der Waals surface area (Å²) in [4.78, 5) is 17.0. The fraction of sp³-hybridized carbons (Fsp3) is 0.923. The number of piperazine rings is 1. The number of Topliss-reactive ketones (excluding diaryl/α,β-unsaturated/α-hetero) is 1. The minimum absolute atomic E-state index is 0.119. The van der Waals surface area contributed by atoms with Gasteiger partial charge >= 0.3 is 0 Å². The number of hydrogen-bond donors (Lipinski definition) is 0. The molecule has 1 fully saturated rings. The van der Waals surface area contributed by atoms with Crippen LogP contribution in [0.5, 0.6) is 0 Å². The molecular formula is C13H26N2O. The molecule has 0 spiro atoms. The first-order valence-corrected chi connectivity index (χ1v) is 6.33. The van der Waals surface area contributed by atoms with Gasteiger partial charge in [-0.3, -0.25) is 9.69 Å². The fourth-order valence-corrected chi connectivity index (χ4v) is 2.24. The van der Waals surface area contributed by atoms with Gasteiger partial charge in [0.2, 0.25) is 0 Å². The summed E-state index contributed by atoms with van der Waals surface area (Å²) >= 11 is 0. The predicted octanol–water partition coefficient (Wildman–Crippen LogP) is 1.63. The average Bonchev–Trinajstić information content (AvgIpc) is 2.20. The highest BCUT2D eigenvalue weighted by atomic mass is 16.1. The number of rotatable bonds is 3. The molecule has 0 bridgehead atoms. The van der Waals surface area contributed by atoms with Gasteiger partial charge in [0.15, 0.2) is 5.78 Å². The SMILES string of the molecule is CCC(C(=O)C(C)(C)C)N1CCN(C)CC1. The van der Waals surface area contributed by atoms with E-state index in [9.17, 15) is 4.79 Å². The molecular weight excluding hydrogens is 200 g/mol. The third kappa shape index (κ3) is 3.29. The number of likely N-dealkylation sites (N-methyl/N-ethyl adjacent to an activating group) is 1. The molecule has 1 heterocycles. The Morgan fingerprint density at radius 1 is 1.19 bits per heavy atom. The van der Waals surface area contributed by atoms with Crippen LogP contribution in [0.1, 0.15) is 34.1 Å². The molecule has 3 nitrogen and oxygen atoms in total. The van der Waals surface area contributed by atoms with Crippen molar-refractivity contribution in [3.8, 4) is 0 Å². The lowest BCUT2D eigenvalue weighted by atomic mass is 9.84. The second-order valence-corrected chi connectivity index (χ2v) is 5.88. The number of hydrogen-bond acceptors (Lipinski definition) is 3. The summed E-state index contributed by atoms with van der Waals surface area (Å²) in [6.45, 7) is 12.4. The number of carbonyl (C=O) groups excluding carboxylic acids is 1. The van der Waals surface area contributed by atoms with E-state index in [1.54, 1.807) is 0 Å². The smallest absolute Gasteiger partial charge is 0.155 e. The normalized spacial score (nSPS) is 22.1. The molecule has 0 amide bonds. The van der Waals surface area contributed by atoms with Gasteiger partial charge in [-0.1, -0.05) is 27.7 Å². The minimum Gasteiger partial charge on any atom is -0.304 e. The quantitative estimate of drug-likeness (QED) is 0.731. The molecule has 1 aliphatic rings. The molecule has 3 heteroatoms. The van der Waals surface area contributed by atoms with E-state index in [4.69, 9.17) is 0 Å². The van der Waals surface area contributed by atoms with E-state index in [2.05, 4.69) is 23.8 Å². The summed E-state index contributed by atoms with van der Waals surface area (Å²) in [7, 11) is 2.14. The number of carbonyl (C=O) groups is 1. The van der Waals surface area contributed by atoms with Crippen LogP contribution in [0.15, 0.2) is 0 Å². The first kappa shape index (κ1) is 13.7. The van der Waals surface area contributed by atoms with Gasteiger partial charge in [0, 0.05) is 31.6 Å². The van der Waals surface area contributed by atoms with Crippen molar-refractivity contribution in [3.63, 3.8) is 0 Å². The summed E-state index contributed by atoms with van der Waals surface area (Å²) in [5.41, 5.74) is -0.218. The Balaban J connectivity index is 2.64. The van der Waals surface area contributed by atoms with Gasteiger partial charge in [0.25, 0.3) is 0 Å². The third-order valence-corrected chi connectivity index (χ3v) is 3.41. The topological polar surface area (TPSA) is 23.6 Å². The van der Waals surface area contributed by atoms with Gasteiger partial charge < -0.3 is 4.90 Å². The highest BCUT2D eigenvalue weighted by molar-refractivity contribution is 5.88. The predicted molar refractivity (Wildman–Crippen MR) is 67.6 cm³/mol. The van der Waals surface area contributed by atoms with Crippen LogP contribution in [-0.2, 0) is 4.79 Å². The molecule has 94 valence electrons. The van der Waals surface area contributed by atoms with E-state index in [0.29, 0.717) is 5.78 Å². The summed E-state index contributed by atoms with van der Waals surface area (Å²) in [5, 5.41) is 0. The van der Waals surface area contributed by atoms with Crippen molar-refractivity contribution >= 4 is 5.78 Å². The van der Waals surface area contributed by atoms with E-state index in [1.165, 1.54) is 0 Å². The Kier molecular flexibility index (Phi) is 4.51. The van der Waals surface area contributed by atoms with Crippen LogP contribution in [0.25, 0.3) is 0 Å². The van der Waals surface area contributed by atoms with Crippen LogP contribution in [0.2, 0.25) is 0 Å². The molecule has 0 aliphatic carbocycles. The average molecular weight is 226 g/mol. The fourth-order valence-electron chi connectivity index (χ4n) is 2.24. The summed E-state index contributed by atoms with van der Waals surface area (Å²) in [6, 6.07) is 0.119. The maximum atomic E-state index is 12.3. The molecule has 0 aromatic heterocycles. The van der Waals surface area contributed by atoms with Crippen molar-refractivity contribution in [1.82, 2.24) is 9.80 Å². The molecule has 0 aromatic rings. The van der Waals surface area contributed by atoms with Crippen LogP contribution in [0.3, 0.4) is 0 Å². The van der Waals surface area contributed by atoms with E-state index in [0.717, 1.165) is 32.6 Å². The van der Waals surface area contributed by atoms with E-state index in [-0.39, 0.29) is 11.5 Å². The maximum Gasteiger partial charge on any atom is 0.155 e. The van der Waals surface area contributed by atoms with Crippen LogP contribution in [-0.4, -0.2) is 54.9 Å². The Hall–Kier alpha value is -0.410. The lowest BCUT2D eigenvalue weighted by molar-refractivity contribution is -0.132. The zero-order chi connectivity index (χ0) is 12.3. The van der Waals surface area contributed by atoms with Crippen molar-refractivity contribution in [2.75, 3.05) is 33.2 Å². The van der Waals surface area contributed by atoms with E-state index in [1.807, 2.05) is 20.8 Å². The molecule has 0 aromatic carbocycles. The van der Waals surface area contributed by atoms with Crippen LogP contribution in [0, 0.1) is 5.41 Å². The lowest BCUT2D eigenvalue weighted by Crippen LogP contribution is -2.53. The number of ketones is 1. The van der Waals surface area contributed by atoms with E-state index < -0.39 is 0 Å². The first-order valence-electron chi connectivity index (χ1n) is 6.33. The molecule has 1 atom stereocenters. The van der Waals surface area contributed by atoms with Gasteiger partial charge in [-0.2, -0.15) is 0 Å². The Labute approximate surface area is 99.8 Å². The Morgan fingerprint density at radius 2 is 1.69 bits per heavy atom. The van der Waals surface area contributed by atoms with Crippen molar-refractivity contribution in [2.45, 2.75) is 40.2 Å². The second-order valence-electron chi connectivity index (χ2n) is 5.88. The molecule has 1 saturated heterocycles. The monoisotopic (exact) mass is 226 g/mol. The van der Waals surface area contributed by atoms with Crippen molar-refractivity contribution in [1.29, 1.82) is 0 Å². The first-order chi connectivity index (χ1) is 7.36. The van der Waals surface area contributed by atoms with Crippen LogP contribution < -0.4 is 0 Å². The molecule has 0 N–H and O–H groups in total. The Morgan fingerprint density at radius 3 is 2.06 bits per heavy atom. The van der Waals surface area contributed by atoms with Crippen LogP contribution in [0.4, 0.5) is 0 Å². The summed E-state index contributed by atoms with van der Waals surface area (Å²) in [6.07, 6.45) is 0.930. The Bertz CT molecular complexity index is 237. The summed E-state index contributed by atoms with van der Waals surface area (Å²) < 4.78 is 0. The highest BCUT2D eigenvalue weighted by Gasteiger charge is 2.33. The lowest BCUT2D eigenvalue weighted by Gasteiger charge is -2.39. The molecule has 1 rings (SSSR count). The van der Waals surface area contributed by atoms with E-state index >= 15 is 0 Å². The second kappa shape index (κ2) is 5.28. The molecule has 1 unspecified atom stereocenters. The zero-order valence-corrected chi connectivity index (χ0v) is 11.4. The minimum atomic E-state index is -0.218. The van der Waals surface area contributed by atoms with Crippen LogP contribution >= 0.6 is 0 Å². The van der Waals surface area contributed by atoms with Crippen molar-refractivity contribution in [2.24, 2.45) is 5.41 Å². The van der Waals surface area contributed by atoms with Gasteiger partial charge in [-0.15, -0.1) is 0 Å². The van der Waals surface area contributed by atoms with Gasteiger partial charge in [0.05, 0.1) is 6.04 Å². The molecule has 1 aliphatic heterocycles. The van der Waals surface area contributed by atoms with Crippen molar-refractivity contribution < 1.29 is 4.79 Å². The largest absolute Gasteiger partial charge is 0.304 e. The molecule has 0 saturated carbocycles. The van der Waals surface area contributed by atoms with Crippen molar-refractivity contribution in [3.05, 3.63) is 0 Å². The highest BCUT2D eigenvalue weighted by Crippen LogP contribution is 2.22. The van der Waals surface area contributed by atoms with Gasteiger partial charge in [-0.05, 0) is 13.5 Å². The van der Waals surface area contributed by atoms with Gasteiger partial charge in [-0.25, -0.2) is 0 Å². The molecule has 16 heavy (non-hydrogen) atoms. The van der Waals surface area contributed by atoms with Gasteiger partial charge in [0.1, 0.15) is 0 Å².